The van der Waals surface area contributed by atoms with Crippen LogP contribution in [0.15, 0.2) is 47.4 Å². The Hall–Kier alpha value is -3.62. The Balaban J connectivity index is 1.76. The van der Waals surface area contributed by atoms with E-state index < -0.39 is 0 Å². The molecule has 9 heteroatoms. The van der Waals surface area contributed by atoms with Crippen molar-refractivity contribution in [2.24, 2.45) is 7.05 Å². The lowest BCUT2D eigenvalue weighted by Gasteiger charge is -2.36. The molecule has 0 bridgehead atoms. The molecule has 154 valence electrons. The first kappa shape index (κ1) is 19.7. The number of piperidine rings is 1. The SMILES string of the molecule is Cn1nc(C(=O)N2CCCCC2c2nc(N)ncc2-c2ccc(F)cc2)ccc1=O. The minimum Gasteiger partial charge on any atom is -0.368 e. The summed E-state index contributed by atoms with van der Waals surface area (Å²) in [5.41, 5.74) is 7.83. The third-order valence-electron chi connectivity index (χ3n) is 5.25. The number of aryl methyl sites for hydroxylation is 1. The standard InChI is InChI=1S/C21H21FN6O2/c1-27-18(29)10-9-16(26-27)20(30)28-11-3-2-4-17(28)19-15(12-24-21(23)25-19)13-5-7-14(22)8-6-13/h5-10,12,17H,2-4,11H2,1H3,(H2,23,24,25). The number of hydrogen-bond donors (Lipinski definition) is 1. The molecule has 1 aliphatic rings. The number of carbonyl (C=O) groups excluding carboxylic acids is 1. The van der Waals surface area contributed by atoms with Gasteiger partial charge in [0.2, 0.25) is 5.95 Å². The molecule has 1 fully saturated rings. The van der Waals surface area contributed by atoms with Crippen LogP contribution in [0.1, 0.15) is 41.5 Å². The molecule has 30 heavy (non-hydrogen) atoms. The molecule has 1 atom stereocenters. The molecule has 0 aliphatic carbocycles. The van der Waals surface area contributed by atoms with E-state index in [4.69, 9.17) is 5.73 Å². The van der Waals surface area contributed by atoms with Crippen LogP contribution in [0.3, 0.4) is 0 Å². The summed E-state index contributed by atoms with van der Waals surface area (Å²) < 4.78 is 14.5. The summed E-state index contributed by atoms with van der Waals surface area (Å²) in [6.45, 7) is 0.529. The topological polar surface area (TPSA) is 107 Å². The lowest BCUT2D eigenvalue weighted by atomic mass is 9.93. The van der Waals surface area contributed by atoms with Gasteiger partial charge in [0, 0.05) is 31.4 Å². The molecule has 3 heterocycles. The second-order valence-electron chi connectivity index (χ2n) is 7.22. The van der Waals surface area contributed by atoms with Gasteiger partial charge in [-0.2, -0.15) is 5.10 Å². The molecule has 1 unspecified atom stereocenters. The lowest BCUT2D eigenvalue weighted by Crippen LogP contribution is -2.40. The first-order chi connectivity index (χ1) is 14.4. The molecule has 2 N–H and O–H groups in total. The molecule has 8 nitrogen and oxygen atoms in total. The number of aromatic nitrogens is 4. The number of nitrogens with two attached hydrogens (primary N) is 1. The highest BCUT2D eigenvalue weighted by atomic mass is 19.1. The summed E-state index contributed by atoms with van der Waals surface area (Å²) in [5.74, 6) is -0.515. The van der Waals surface area contributed by atoms with Gasteiger partial charge in [-0.3, -0.25) is 9.59 Å². The van der Waals surface area contributed by atoms with E-state index in [2.05, 4.69) is 15.1 Å². The van der Waals surface area contributed by atoms with Gasteiger partial charge in [0.05, 0.1) is 11.7 Å². The number of nitrogens with zero attached hydrogens (tertiary/aromatic N) is 5. The highest BCUT2D eigenvalue weighted by molar-refractivity contribution is 5.92. The van der Waals surface area contributed by atoms with Crippen LogP contribution in [0.25, 0.3) is 11.1 Å². The molecular formula is C21H21FN6O2. The first-order valence-corrected chi connectivity index (χ1v) is 9.68. The van der Waals surface area contributed by atoms with E-state index in [1.54, 1.807) is 23.2 Å². The van der Waals surface area contributed by atoms with Crippen LogP contribution in [0, 0.1) is 5.82 Å². The quantitative estimate of drug-likeness (QED) is 0.713. The Labute approximate surface area is 172 Å². The average molecular weight is 408 g/mol. The van der Waals surface area contributed by atoms with E-state index in [1.807, 2.05) is 0 Å². The van der Waals surface area contributed by atoms with Crippen LogP contribution in [0.2, 0.25) is 0 Å². The molecular weight excluding hydrogens is 387 g/mol. The van der Waals surface area contributed by atoms with Gasteiger partial charge < -0.3 is 10.6 Å². The summed E-state index contributed by atoms with van der Waals surface area (Å²) in [6.07, 6.45) is 4.07. The molecule has 1 aromatic carbocycles. The van der Waals surface area contributed by atoms with Gasteiger partial charge in [-0.1, -0.05) is 12.1 Å². The van der Waals surface area contributed by atoms with Crippen molar-refractivity contribution in [1.82, 2.24) is 24.6 Å². The van der Waals surface area contributed by atoms with E-state index in [0.717, 1.165) is 23.1 Å². The van der Waals surface area contributed by atoms with Crippen LogP contribution >= 0.6 is 0 Å². The predicted octanol–water partition coefficient (Wildman–Crippen LogP) is 2.33. The van der Waals surface area contributed by atoms with Gasteiger partial charge in [-0.05, 0) is 43.0 Å². The molecule has 1 amide bonds. The lowest BCUT2D eigenvalue weighted by molar-refractivity contribution is 0.0598. The number of halogens is 1. The maximum absolute atomic E-state index is 13.4. The van der Waals surface area contributed by atoms with Gasteiger partial charge in [0.15, 0.2) is 0 Å². The minimum absolute atomic E-state index is 0.106. The second kappa shape index (κ2) is 8.02. The van der Waals surface area contributed by atoms with Crippen molar-refractivity contribution in [1.29, 1.82) is 0 Å². The van der Waals surface area contributed by atoms with Crippen LogP contribution in [-0.4, -0.2) is 37.1 Å². The van der Waals surface area contributed by atoms with E-state index >= 15 is 0 Å². The third kappa shape index (κ3) is 3.78. The van der Waals surface area contributed by atoms with Crippen molar-refractivity contribution < 1.29 is 9.18 Å². The number of rotatable bonds is 3. The number of anilines is 1. The van der Waals surface area contributed by atoms with Gasteiger partial charge in [-0.25, -0.2) is 19.0 Å². The summed E-state index contributed by atoms with van der Waals surface area (Å²) in [5, 5.41) is 4.10. The van der Waals surface area contributed by atoms with Crippen molar-refractivity contribution in [3.63, 3.8) is 0 Å². The number of amides is 1. The van der Waals surface area contributed by atoms with E-state index in [1.165, 1.54) is 31.3 Å². The number of carbonyl (C=O) groups is 1. The van der Waals surface area contributed by atoms with Gasteiger partial charge >= 0.3 is 0 Å². The molecule has 0 saturated carbocycles. The summed E-state index contributed by atoms with van der Waals surface area (Å²) >= 11 is 0. The summed E-state index contributed by atoms with van der Waals surface area (Å²) in [6, 6.07) is 8.46. The highest BCUT2D eigenvalue weighted by Crippen LogP contribution is 2.36. The average Bonchev–Trinajstić information content (AvgIpc) is 2.76. The van der Waals surface area contributed by atoms with Crippen molar-refractivity contribution in [3.05, 3.63) is 70.2 Å². The fourth-order valence-corrected chi connectivity index (χ4v) is 3.74. The zero-order chi connectivity index (χ0) is 21.3. The monoisotopic (exact) mass is 408 g/mol. The molecule has 2 aromatic heterocycles. The Bertz CT molecular complexity index is 1140. The van der Waals surface area contributed by atoms with Crippen LogP contribution in [0.4, 0.5) is 10.3 Å². The largest absolute Gasteiger partial charge is 0.368 e. The van der Waals surface area contributed by atoms with Crippen molar-refractivity contribution >= 4 is 11.9 Å². The smallest absolute Gasteiger partial charge is 0.274 e. The molecule has 0 radical (unpaired) electrons. The van der Waals surface area contributed by atoms with Crippen molar-refractivity contribution in [3.8, 4) is 11.1 Å². The predicted molar refractivity (Wildman–Crippen MR) is 109 cm³/mol. The van der Waals surface area contributed by atoms with Gasteiger partial charge in [0.1, 0.15) is 11.5 Å². The van der Waals surface area contributed by atoms with Crippen molar-refractivity contribution in [2.45, 2.75) is 25.3 Å². The Morgan fingerprint density at radius 2 is 1.93 bits per heavy atom. The molecule has 1 aliphatic heterocycles. The number of hydrogen-bond acceptors (Lipinski definition) is 6. The zero-order valence-corrected chi connectivity index (χ0v) is 16.5. The minimum atomic E-state index is -0.341. The van der Waals surface area contributed by atoms with Gasteiger partial charge in [0.25, 0.3) is 11.5 Å². The molecule has 3 aromatic rings. The number of benzene rings is 1. The van der Waals surface area contributed by atoms with E-state index in [0.29, 0.717) is 24.2 Å². The Kier molecular flexibility index (Phi) is 5.26. The summed E-state index contributed by atoms with van der Waals surface area (Å²) in [7, 11) is 1.50. The second-order valence-corrected chi connectivity index (χ2v) is 7.22. The number of likely N-dealkylation sites (tertiary alicyclic amines) is 1. The Morgan fingerprint density at radius 1 is 1.17 bits per heavy atom. The normalized spacial score (nSPS) is 16.5. The zero-order valence-electron chi connectivity index (χ0n) is 16.5. The first-order valence-electron chi connectivity index (χ1n) is 9.68. The van der Waals surface area contributed by atoms with E-state index in [-0.39, 0.29) is 35.0 Å². The molecule has 1 saturated heterocycles. The van der Waals surface area contributed by atoms with Crippen LogP contribution < -0.4 is 11.3 Å². The molecule has 0 spiro atoms. The molecule has 4 rings (SSSR count). The number of nitrogen functional groups attached to an aromatic ring is 1. The van der Waals surface area contributed by atoms with Gasteiger partial charge in [-0.15, -0.1) is 0 Å². The summed E-state index contributed by atoms with van der Waals surface area (Å²) in [4.78, 5) is 35.2. The fraction of sp³-hybridized carbons (Fsp3) is 0.286. The Morgan fingerprint density at radius 3 is 2.67 bits per heavy atom. The van der Waals surface area contributed by atoms with Crippen LogP contribution in [-0.2, 0) is 7.05 Å². The van der Waals surface area contributed by atoms with Crippen molar-refractivity contribution in [2.75, 3.05) is 12.3 Å². The van der Waals surface area contributed by atoms with Crippen LogP contribution in [0.5, 0.6) is 0 Å². The fourth-order valence-electron chi connectivity index (χ4n) is 3.74. The maximum Gasteiger partial charge on any atom is 0.274 e. The van der Waals surface area contributed by atoms with E-state index in [9.17, 15) is 14.0 Å². The maximum atomic E-state index is 13.4. The highest BCUT2D eigenvalue weighted by Gasteiger charge is 2.32. The third-order valence-corrected chi connectivity index (χ3v) is 5.25.